The first kappa shape index (κ1) is 15.8. The molecule has 0 spiro atoms. The van der Waals surface area contributed by atoms with E-state index in [1.54, 1.807) is 7.11 Å². The van der Waals surface area contributed by atoms with Gasteiger partial charge in [-0.25, -0.2) is 4.79 Å². The maximum Gasteiger partial charge on any atom is 0.412 e. The van der Waals surface area contributed by atoms with Gasteiger partial charge in [0.25, 0.3) is 0 Å². The number of hydrogen-bond acceptors (Lipinski definition) is 3. The fourth-order valence-electron chi connectivity index (χ4n) is 1.25. The summed E-state index contributed by atoms with van der Waals surface area (Å²) in [5, 5.41) is 2.71. The van der Waals surface area contributed by atoms with E-state index < -0.39 is 11.7 Å². The van der Waals surface area contributed by atoms with E-state index in [2.05, 4.69) is 50.5 Å². The molecule has 0 atom stereocenters. The van der Waals surface area contributed by atoms with E-state index in [1.165, 1.54) is 0 Å². The molecular formula is C12H15I2NO3. The highest BCUT2D eigenvalue weighted by atomic mass is 127. The van der Waals surface area contributed by atoms with E-state index >= 15 is 0 Å². The molecule has 0 saturated carbocycles. The standard InChI is InChI=1S/C12H15I2NO3/c1-12(2,3)18-11(16)15-7-5-8(13)10(17-4)9(14)6-7/h5-6H,1-4H3,(H,15,16). The second kappa shape index (κ2) is 6.27. The zero-order valence-electron chi connectivity index (χ0n) is 10.6. The van der Waals surface area contributed by atoms with Crippen LogP contribution in [-0.2, 0) is 4.74 Å². The quantitative estimate of drug-likeness (QED) is 0.652. The lowest BCUT2D eigenvalue weighted by molar-refractivity contribution is 0.0636. The van der Waals surface area contributed by atoms with E-state index in [0.717, 1.165) is 12.9 Å². The molecule has 0 saturated heterocycles. The lowest BCUT2D eigenvalue weighted by Gasteiger charge is -2.20. The predicted octanol–water partition coefficient (Wildman–Crippen LogP) is 4.25. The Morgan fingerprint density at radius 1 is 1.22 bits per heavy atom. The third-order valence-corrected chi connectivity index (χ3v) is 3.45. The van der Waals surface area contributed by atoms with Crippen LogP contribution in [0.4, 0.5) is 10.5 Å². The Labute approximate surface area is 134 Å². The molecule has 1 amide bonds. The summed E-state index contributed by atoms with van der Waals surface area (Å²) in [5.41, 5.74) is 0.190. The van der Waals surface area contributed by atoms with Gasteiger partial charge in [0, 0.05) is 5.69 Å². The van der Waals surface area contributed by atoms with Gasteiger partial charge in [0.05, 0.1) is 14.3 Å². The molecule has 0 aliphatic rings. The van der Waals surface area contributed by atoms with Crippen LogP contribution < -0.4 is 10.1 Å². The van der Waals surface area contributed by atoms with Gasteiger partial charge in [0.2, 0.25) is 0 Å². The number of ether oxygens (including phenoxy) is 2. The Kier molecular flexibility index (Phi) is 5.50. The van der Waals surface area contributed by atoms with Crippen LogP contribution in [0, 0.1) is 7.14 Å². The first-order valence-corrected chi connectivity index (χ1v) is 7.41. The SMILES string of the molecule is COc1c(I)cc(NC(=O)OC(C)(C)C)cc1I. The molecule has 0 heterocycles. The molecule has 1 rings (SSSR count). The second-order valence-corrected chi connectivity index (χ2v) is 6.92. The lowest BCUT2D eigenvalue weighted by atomic mass is 10.2. The summed E-state index contributed by atoms with van der Waals surface area (Å²) in [6.45, 7) is 5.48. The molecule has 0 radical (unpaired) electrons. The number of anilines is 1. The molecular weight excluding hydrogens is 460 g/mol. The molecule has 6 heteroatoms. The van der Waals surface area contributed by atoms with Crippen LogP contribution in [0.1, 0.15) is 20.8 Å². The minimum Gasteiger partial charge on any atom is -0.495 e. The van der Waals surface area contributed by atoms with Gasteiger partial charge in [-0.2, -0.15) is 0 Å². The summed E-state index contributed by atoms with van der Waals surface area (Å²) in [6.07, 6.45) is -0.459. The molecule has 0 aromatic heterocycles. The maximum atomic E-state index is 11.6. The highest BCUT2D eigenvalue weighted by Gasteiger charge is 2.17. The molecule has 0 unspecified atom stereocenters. The molecule has 0 fully saturated rings. The summed E-state index contributed by atoms with van der Waals surface area (Å²) in [7, 11) is 1.63. The Bertz CT molecular complexity index is 432. The van der Waals surface area contributed by atoms with Gasteiger partial charge in [-0.3, -0.25) is 5.32 Å². The molecule has 100 valence electrons. The van der Waals surface area contributed by atoms with Crippen molar-refractivity contribution < 1.29 is 14.3 Å². The number of halogens is 2. The number of benzene rings is 1. The minimum atomic E-state index is -0.503. The smallest absolute Gasteiger partial charge is 0.412 e. The molecule has 0 aliphatic carbocycles. The van der Waals surface area contributed by atoms with Crippen LogP contribution >= 0.6 is 45.2 Å². The first-order valence-electron chi connectivity index (χ1n) is 5.26. The Morgan fingerprint density at radius 3 is 2.11 bits per heavy atom. The van der Waals surface area contributed by atoms with Crippen molar-refractivity contribution in [3.05, 3.63) is 19.3 Å². The van der Waals surface area contributed by atoms with Gasteiger partial charge in [0.15, 0.2) is 0 Å². The zero-order valence-corrected chi connectivity index (χ0v) is 15.0. The number of nitrogens with one attached hydrogen (secondary N) is 1. The van der Waals surface area contributed by atoms with Crippen molar-refractivity contribution in [1.29, 1.82) is 0 Å². The number of hydrogen-bond donors (Lipinski definition) is 1. The van der Waals surface area contributed by atoms with Gasteiger partial charge < -0.3 is 9.47 Å². The third kappa shape index (κ3) is 4.79. The molecule has 1 N–H and O–H groups in total. The van der Waals surface area contributed by atoms with Crippen LogP contribution in [0.15, 0.2) is 12.1 Å². The van der Waals surface area contributed by atoms with Crippen LogP contribution in [0.25, 0.3) is 0 Å². The predicted molar refractivity (Wildman–Crippen MR) is 88.3 cm³/mol. The Balaban J connectivity index is 2.83. The van der Waals surface area contributed by atoms with Gasteiger partial charge in [-0.15, -0.1) is 0 Å². The second-order valence-electron chi connectivity index (χ2n) is 4.60. The van der Waals surface area contributed by atoms with Crippen LogP contribution in [-0.4, -0.2) is 18.8 Å². The molecule has 18 heavy (non-hydrogen) atoms. The lowest BCUT2D eigenvalue weighted by Crippen LogP contribution is -2.27. The number of carbonyl (C=O) groups is 1. The van der Waals surface area contributed by atoms with Crippen molar-refractivity contribution in [2.24, 2.45) is 0 Å². The number of amides is 1. The monoisotopic (exact) mass is 475 g/mol. The average Bonchev–Trinajstić information content (AvgIpc) is 2.13. The normalized spacial score (nSPS) is 11.0. The van der Waals surface area contributed by atoms with E-state index in [9.17, 15) is 4.79 Å². The van der Waals surface area contributed by atoms with Crippen molar-refractivity contribution in [3.63, 3.8) is 0 Å². The van der Waals surface area contributed by atoms with E-state index in [0.29, 0.717) is 5.69 Å². The van der Waals surface area contributed by atoms with Crippen molar-refractivity contribution in [3.8, 4) is 5.75 Å². The topological polar surface area (TPSA) is 47.6 Å². The molecule has 0 bridgehead atoms. The summed E-state index contributed by atoms with van der Waals surface area (Å²) in [5.74, 6) is 0.811. The zero-order chi connectivity index (χ0) is 13.9. The van der Waals surface area contributed by atoms with Crippen LogP contribution in [0.5, 0.6) is 5.75 Å². The summed E-state index contributed by atoms with van der Waals surface area (Å²) in [4.78, 5) is 11.6. The van der Waals surface area contributed by atoms with E-state index in [1.807, 2.05) is 32.9 Å². The minimum absolute atomic E-state index is 0.459. The molecule has 4 nitrogen and oxygen atoms in total. The number of carbonyl (C=O) groups excluding carboxylic acids is 1. The summed E-state index contributed by atoms with van der Waals surface area (Å²) >= 11 is 4.33. The highest BCUT2D eigenvalue weighted by Crippen LogP contribution is 2.30. The van der Waals surface area contributed by atoms with Crippen molar-refractivity contribution in [2.75, 3.05) is 12.4 Å². The van der Waals surface area contributed by atoms with Crippen molar-refractivity contribution in [1.82, 2.24) is 0 Å². The third-order valence-electron chi connectivity index (χ3n) is 1.85. The fraction of sp³-hybridized carbons (Fsp3) is 0.417. The number of methoxy groups -OCH3 is 1. The maximum absolute atomic E-state index is 11.6. The van der Waals surface area contributed by atoms with Crippen molar-refractivity contribution >= 4 is 57.0 Å². The van der Waals surface area contributed by atoms with E-state index in [-0.39, 0.29) is 0 Å². The Morgan fingerprint density at radius 2 is 1.72 bits per heavy atom. The van der Waals surface area contributed by atoms with Crippen LogP contribution in [0.3, 0.4) is 0 Å². The largest absolute Gasteiger partial charge is 0.495 e. The van der Waals surface area contributed by atoms with Gasteiger partial charge in [-0.1, -0.05) is 0 Å². The average molecular weight is 475 g/mol. The summed E-state index contributed by atoms with van der Waals surface area (Å²) < 4.78 is 12.3. The van der Waals surface area contributed by atoms with Crippen LogP contribution in [0.2, 0.25) is 0 Å². The van der Waals surface area contributed by atoms with E-state index in [4.69, 9.17) is 9.47 Å². The summed E-state index contributed by atoms with van der Waals surface area (Å²) in [6, 6.07) is 3.68. The Hall–Kier alpha value is -0.250. The fourth-order valence-corrected chi connectivity index (χ4v) is 3.46. The van der Waals surface area contributed by atoms with Gasteiger partial charge in [0.1, 0.15) is 11.4 Å². The molecule has 1 aromatic rings. The first-order chi connectivity index (χ1) is 8.23. The highest BCUT2D eigenvalue weighted by molar-refractivity contribution is 14.1. The molecule has 1 aromatic carbocycles. The van der Waals surface area contributed by atoms with Gasteiger partial charge >= 0.3 is 6.09 Å². The number of rotatable bonds is 2. The molecule has 0 aliphatic heterocycles. The van der Waals surface area contributed by atoms with Crippen molar-refractivity contribution in [2.45, 2.75) is 26.4 Å². The van der Waals surface area contributed by atoms with Gasteiger partial charge in [-0.05, 0) is 78.1 Å².